The van der Waals surface area contributed by atoms with E-state index in [1.807, 2.05) is 0 Å². The molecule has 0 amide bonds. The van der Waals surface area contributed by atoms with Crippen LogP contribution in [0.25, 0.3) is 0 Å². The zero-order chi connectivity index (χ0) is 30.9. The van der Waals surface area contributed by atoms with E-state index in [9.17, 15) is 34.1 Å². The van der Waals surface area contributed by atoms with Gasteiger partial charge in [-0.3, -0.25) is 29.1 Å². The van der Waals surface area contributed by atoms with E-state index in [1.165, 1.54) is 0 Å². The second-order valence-electron chi connectivity index (χ2n) is 12.6. The number of aliphatic hydroxyl groups is 1. The Morgan fingerprint density at radius 3 is 2.33 bits per heavy atom. The highest BCUT2D eigenvalue weighted by atomic mass is 32.2. The molecule has 0 bridgehead atoms. The molecule has 15 heteroatoms. The van der Waals surface area contributed by atoms with Crippen LogP contribution >= 0.6 is 0 Å². The molecule has 14 nitrogen and oxygen atoms in total. The summed E-state index contributed by atoms with van der Waals surface area (Å²) in [4.78, 5) is 50.9. The van der Waals surface area contributed by atoms with Crippen molar-refractivity contribution in [2.45, 2.75) is 126 Å². The average Bonchev–Trinajstić information content (AvgIpc) is 2.98. The molecular weight excluding hydrogens is 590 g/mol. The number of aliphatic hydroxyl groups excluding tert-OH is 1. The van der Waals surface area contributed by atoms with Crippen LogP contribution in [-0.4, -0.2) is 85.5 Å². The molecule has 4 aliphatic rings. The van der Waals surface area contributed by atoms with Crippen LogP contribution in [-0.2, 0) is 44.3 Å². The number of hydrogen-bond acceptors (Lipinski definition) is 12. The van der Waals surface area contributed by atoms with Crippen LogP contribution in [0.5, 0.6) is 0 Å². The van der Waals surface area contributed by atoms with E-state index in [0.717, 1.165) is 25.7 Å². The highest BCUT2D eigenvalue weighted by molar-refractivity contribution is 7.80. The molecule has 11 unspecified atom stereocenters. The number of hydrogen-bond donors (Lipinski definition) is 3. The third-order valence-corrected chi connectivity index (χ3v) is 11.0. The van der Waals surface area contributed by atoms with E-state index in [0.29, 0.717) is 51.6 Å². The molecule has 0 aromatic carbocycles. The second-order valence-corrected chi connectivity index (χ2v) is 14.0. The van der Waals surface area contributed by atoms with Crippen molar-refractivity contribution in [1.82, 2.24) is 0 Å². The topological polar surface area (TPSA) is 201 Å². The standard InChI is InChI=1S/C28H45NO13S/c30-20-9-7-17(18(11-20)15-38-36)16-39-41-22-4-1-5-23(13-22)42-43(37)24-6-2-3-21(14-24)40-28(33)25-10-8-19(29(34)35)12-26(25)27(31)32/h17-26,30,36H,1-16H2,(H,31,32). The summed E-state index contributed by atoms with van der Waals surface area (Å²) in [6.07, 6.45) is 5.63. The maximum absolute atomic E-state index is 13.2. The molecule has 0 saturated heterocycles. The summed E-state index contributed by atoms with van der Waals surface area (Å²) in [6.45, 7) is 0.451. The fraction of sp³-hybridized carbons (Fsp3) is 0.929. The van der Waals surface area contributed by atoms with Gasteiger partial charge in [0.25, 0.3) is 0 Å². The normalized spacial score (nSPS) is 37.7. The van der Waals surface area contributed by atoms with E-state index in [2.05, 4.69) is 4.89 Å². The number of carbonyl (C=O) groups is 2. The molecule has 0 aromatic heterocycles. The highest BCUT2D eigenvalue weighted by Gasteiger charge is 2.45. The van der Waals surface area contributed by atoms with Gasteiger partial charge in [0.2, 0.25) is 6.04 Å². The van der Waals surface area contributed by atoms with Crippen molar-refractivity contribution < 1.29 is 57.8 Å². The van der Waals surface area contributed by atoms with Crippen LogP contribution in [0.3, 0.4) is 0 Å². The largest absolute Gasteiger partial charge is 0.481 e. The SMILES string of the molecule is O=C(O)C1CC([N+](=O)[O-])CCC1C(=O)OC1CCCC(S(=O)OC2CCCC(OOCC3CCC(O)CC3COO)C2)C1. The number of ether oxygens (including phenoxy) is 1. The summed E-state index contributed by atoms with van der Waals surface area (Å²) in [5, 5.41) is 39.1. The van der Waals surface area contributed by atoms with Crippen LogP contribution in [0, 0.1) is 33.8 Å². The van der Waals surface area contributed by atoms with E-state index in [-0.39, 0.29) is 55.2 Å². The van der Waals surface area contributed by atoms with Crippen molar-refractivity contribution in [1.29, 1.82) is 0 Å². The number of carboxylic acids is 1. The van der Waals surface area contributed by atoms with Crippen LogP contribution in [0.1, 0.15) is 89.9 Å². The lowest BCUT2D eigenvalue weighted by molar-refractivity contribution is -0.528. The van der Waals surface area contributed by atoms with Crippen molar-refractivity contribution in [2.75, 3.05) is 13.2 Å². The Morgan fingerprint density at radius 2 is 1.58 bits per heavy atom. The van der Waals surface area contributed by atoms with Gasteiger partial charge in [-0.1, -0.05) is 0 Å². The van der Waals surface area contributed by atoms with Gasteiger partial charge < -0.3 is 14.9 Å². The molecule has 0 aromatic rings. The van der Waals surface area contributed by atoms with Gasteiger partial charge in [0.05, 0.1) is 48.6 Å². The van der Waals surface area contributed by atoms with Crippen molar-refractivity contribution >= 4 is 23.0 Å². The molecule has 0 aliphatic heterocycles. The van der Waals surface area contributed by atoms with Crippen molar-refractivity contribution in [3.8, 4) is 0 Å². The highest BCUT2D eigenvalue weighted by Crippen LogP contribution is 2.36. The number of esters is 1. The van der Waals surface area contributed by atoms with Crippen LogP contribution in [0.4, 0.5) is 0 Å². The number of aliphatic carboxylic acids is 1. The minimum atomic E-state index is -1.62. The number of carbonyl (C=O) groups excluding carboxylic acids is 1. The molecule has 3 N–H and O–H groups in total. The van der Waals surface area contributed by atoms with Gasteiger partial charge in [-0.25, -0.2) is 18.9 Å². The Kier molecular flexibility index (Phi) is 13.1. The molecule has 4 saturated carbocycles. The lowest BCUT2D eigenvalue weighted by atomic mass is 9.77. The summed E-state index contributed by atoms with van der Waals surface area (Å²) in [5.74, 6) is -3.92. The Hall–Kier alpha value is -1.75. The van der Waals surface area contributed by atoms with Crippen LogP contribution < -0.4 is 0 Å². The third-order valence-electron chi connectivity index (χ3n) is 9.57. The number of rotatable bonds is 13. The van der Waals surface area contributed by atoms with Gasteiger partial charge in [0.15, 0.2) is 11.1 Å². The molecular formula is C28H45NO13S. The first kappa shape index (κ1) is 34.1. The number of nitro groups is 1. The quantitative estimate of drug-likeness (QED) is 0.115. The van der Waals surface area contributed by atoms with Gasteiger partial charge in [-0.15, -0.1) is 0 Å². The molecule has 246 valence electrons. The maximum Gasteiger partial charge on any atom is 0.310 e. The monoisotopic (exact) mass is 635 g/mol. The first-order valence-corrected chi connectivity index (χ1v) is 16.7. The van der Waals surface area contributed by atoms with Crippen LogP contribution in [0.2, 0.25) is 0 Å². The molecule has 0 heterocycles. The number of nitrogens with zero attached hydrogens (tertiary/aromatic N) is 1. The predicted octanol–water partition coefficient (Wildman–Crippen LogP) is 3.19. The molecule has 4 fully saturated rings. The Balaban J connectivity index is 1.20. The minimum absolute atomic E-state index is 0.0250. The van der Waals surface area contributed by atoms with Crippen molar-refractivity contribution in [3.63, 3.8) is 0 Å². The molecule has 0 radical (unpaired) electrons. The van der Waals surface area contributed by atoms with Gasteiger partial charge in [0.1, 0.15) is 6.10 Å². The first-order valence-electron chi connectivity index (χ1n) is 15.5. The maximum atomic E-state index is 13.2. The van der Waals surface area contributed by atoms with Gasteiger partial charge in [-0.2, -0.15) is 0 Å². The van der Waals surface area contributed by atoms with Crippen molar-refractivity contribution in [3.05, 3.63) is 10.1 Å². The van der Waals surface area contributed by atoms with Crippen molar-refractivity contribution in [2.24, 2.45) is 23.7 Å². The second kappa shape index (κ2) is 16.5. The Labute approximate surface area is 253 Å². The number of carboxylic acid groups (broad SMARTS) is 1. The minimum Gasteiger partial charge on any atom is -0.481 e. The molecule has 4 aliphatic carbocycles. The lowest BCUT2D eigenvalue weighted by Gasteiger charge is -2.34. The summed E-state index contributed by atoms with van der Waals surface area (Å²) in [6, 6.07) is -0.980. The fourth-order valence-corrected chi connectivity index (χ4v) is 8.40. The lowest BCUT2D eigenvalue weighted by Crippen LogP contribution is -2.42. The molecule has 11 atom stereocenters. The first-order chi connectivity index (χ1) is 20.6. The average molecular weight is 636 g/mol. The van der Waals surface area contributed by atoms with Gasteiger partial charge in [0, 0.05) is 30.6 Å². The van der Waals surface area contributed by atoms with E-state index in [4.69, 9.17) is 24.0 Å². The van der Waals surface area contributed by atoms with E-state index < -0.39 is 58.0 Å². The molecule has 4 rings (SSSR count). The van der Waals surface area contributed by atoms with E-state index in [1.54, 1.807) is 0 Å². The smallest absolute Gasteiger partial charge is 0.310 e. The van der Waals surface area contributed by atoms with Crippen LogP contribution in [0.15, 0.2) is 0 Å². The van der Waals surface area contributed by atoms with Gasteiger partial charge in [-0.05, 0) is 76.0 Å². The summed E-state index contributed by atoms with van der Waals surface area (Å²) < 4.78 is 24.8. The zero-order valence-electron chi connectivity index (χ0n) is 24.4. The summed E-state index contributed by atoms with van der Waals surface area (Å²) in [7, 11) is 0. The molecule has 43 heavy (non-hydrogen) atoms. The summed E-state index contributed by atoms with van der Waals surface area (Å²) >= 11 is -1.62. The third kappa shape index (κ3) is 9.87. The Bertz CT molecular complexity index is 969. The Morgan fingerprint density at radius 1 is 0.837 bits per heavy atom. The summed E-state index contributed by atoms with van der Waals surface area (Å²) in [5.41, 5.74) is 0. The zero-order valence-corrected chi connectivity index (χ0v) is 25.2. The molecule has 0 spiro atoms. The predicted molar refractivity (Wildman–Crippen MR) is 149 cm³/mol. The van der Waals surface area contributed by atoms with E-state index >= 15 is 0 Å². The van der Waals surface area contributed by atoms with Gasteiger partial charge >= 0.3 is 11.9 Å². The fourth-order valence-electron chi connectivity index (χ4n) is 7.06.